The average Bonchev–Trinajstić information content (AvgIpc) is 2.04. The van der Waals surface area contributed by atoms with E-state index in [1.807, 2.05) is 24.3 Å². The van der Waals surface area contributed by atoms with E-state index in [-0.39, 0.29) is 0 Å². The Bertz CT molecular complexity index is 274. The first kappa shape index (κ1) is 8.71. The second-order valence-corrected chi connectivity index (χ2v) is 3.12. The maximum absolute atomic E-state index is 7.11. The van der Waals surface area contributed by atoms with Crippen LogP contribution >= 0.6 is 0 Å². The zero-order valence-electron chi connectivity index (χ0n) is 7.41. The lowest BCUT2D eigenvalue weighted by atomic mass is 10.0. The van der Waals surface area contributed by atoms with Crippen LogP contribution in [0.1, 0.15) is 25.3 Å². The summed E-state index contributed by atoms with van der Waals surface area (Å²) in [4.78, 5) is 0.865. The van der Waals surface area contributed by atoms with E-state index in [0.717, 1.165) is 4.81 Å². The summed E-state index contributed by atoms with van der Waals surface area (Å²) in [5.74, 6) is 5.76. The Kier molecular flexibility index (Phi) is 2.43. The molecule has 0 amide bonds. The first-order valence-electron chi connectivity index (χ1n) is 3.97. The van der Waals surface area contributed by atoms with Gasteiger partial charge < -0.3 is 0 Å². The number of hydrazine groups is 1. The van der Waals surface area contributed by atoms with Crippen LogP contribution in [0.25, 0.3) is 0 Å². The Labute approximate surface area is 72.3 Å². The molecule has 0 unspecified atom stereocenters. The second-order valence-electron chi connectivity index (χ2n) is 3.12. The van der Waals surface area contributed by atoms with Crippen LogP contribution < -0.4 is 5.84 Å². The smallest absolute Gasteiger partial charge is 0.181 e. The molecule has 1 rings (SSSR count). The summed E-state index contributed by atoms with van der Waals surface area (Å²) < 4.78 is 0. The van der Waals surface area contributed by atoms with E-state index in [9.17, 15) is 0 Å². The van der Waals surface area contributed by atoms with Gasteiger partial charge in [0, 0.05) is 16.9 Å². The van der Waals surface area contributed by atoms with E-state index >= 15 is 0 Å². The first-order chi connectivity index (χ1) is 5.61. The molecule has 0 heterocycles. The quantitative estimate of drug-likeness (QED) is 0.300. The van der Waals surface area contributed by atoms with E-state index in [4.69, 9.17) is 11.4 Å². The maximum Gasteiger partial charge on any atom is 0.264 e. The van der Waals surface area contributed by atoms with Gasteiger partial charge in [0.25, 0.3) is 5.69 Å². The topological polar surface area (TPSA) is 52.9 Å². The molecule has 1 aromatic carbocycles. The molecule has 0 bridgehead atoms. The minimum atomic E-state index is 0.524. The molecule has 12 heavy (non-hydrogen) atoms. The fraction of sp³-hybridized carbons (Fsp3) is 0.333. The third-order valence-corrected chi connectivity index (χ3v) is 1.84. The molecular formula is C9H14N3+. The molecule has 0 fully saturated rings. The van der Waals surface area contributed by atoms with Crippen LogP contribution in [0, 0.1) is 5.53 Å². The number of benzene rings is 1. The molecule has 0 saturated carbocycles. The molecule has 0 atom stereocenters. The monoisotopic (exact) mass is 164 g/mol. The van der Waals surface area contributed by atoms with Gasteiger partial charge in [-0.3, -0.25) is 0 Å². The fourth-order valence-electron chi connectivity index (χ4n) is 1.02. The van der Waals surface area contributed by atoms with Gasteiger partial charge in [-0.1, -0.05) is 26.0 Å². The summed E-state index contributed by atoms with van der Waals surface area (Å²) in [6, 6.07) is 7.69. The molecule has 0 aliphatic rings. The first-order valence-corrected chi connectivity index (χ1v) is 3.97. The Balaban J connectivity index is 2.93. The highest BCUT2D eigenvalue weighted by Crippen LogP contribution is 2.17. The summed E-state index contributed by atoms with van der Waals surface area (Å²) in [5.41, 5.74) is 9.08. The van der Waals surface area contributed by atoms with Gasteiger partial charge in [-0.2, -0.15) is 5.84 Å². The van der Waals surface area contributed by atoms with Crippen molar-refractivity contribution >= 4 is 5.69 Å². The molecule has 0 aromatic heterocycles. The van der Waals surface area contributed by atoms with Crippen molar-refractivity contribution in [2.24, 2.45) is 5.84 Å². The largest absolute Gasteiger partial charge is 0.264 e. The summed E-state index contributed by atoms with van der Waals surface area (Å²) in [7, 11) is 0. The lowest BCUT2D eigenvalue weighted by Gasteiger charge is -2.02. The second kappa shape index (κ2) is 3.34. The highest BCUT2D eigenvalue weighted by molar-refractivity contribution is 5.33. The molecule has 64 valence electrons. The van der Waals surface area contributed by atoms with E-state index in [0.29, 0.717) is 11.6 Å². The Morgan fingerprint density at radius 3 is 2.08 bits per heavy atom. The van der Waals surface area contributed by atoms with Crippen LogP contribution in [0.15, 0.2) is 24.3 Å². The summed E-state index contributed by atoms with van der Waals surface area (Å²) >= 11 is 0. The van der Waals surface area contributed by atoms with Crippen molar-refractivity contribution in [1.82, 2.24) is 0 Å². The predicted octanol–water partition coefficient (Wildman–Crippen LogP) is 2.36. The predicted molar refractivity (Wildman–Crippen MR) is 47.4 cm³/mol. The lowest BCUT2D eigenvalue weighted by molar-refractivity contribution is -0.547. The van der Waals surface area contributed by atoms with Crippen LogP contribution in [0.3, 0.4) is 0 Å². The van der Waals surface area contributed by atoms with Crippen molar-refractivity contribution in [1.29, 1.82) is 5.53 Å². The summed E-state index contributed by atoms with van der Waals surface area (Å²) in [5, 5.41) is 0. The molecule has 1 aromatic rings. The number of rotatable bonds is 2. The number of nitrogens with zero attached hydrogens (tertiary/aromatic N) is 1. The Morgan fingerprint density at radius 1 is 1.25 bits per heavy atom. The lowest BCUT2D eigenvalue weighted by Crippen LogP contribution is -2.08. The van der Waals surface area contributed by atoms with Gasteiger partial charge in [0.2, 0.25) is 0 Å². The van der Waals surface area contributed by atoms with Gasteiger partial charge >= 0.3 is 0 Å². The zero-order chi connectivity index (χ0) is 9.14. The van der Waals surface area contributed by atoms with Crippen molar-refractivity contribution in [3.05, 3.63) is 29.8 Å². The van der Waals surface area contributed by atoms with Gasteiger partial charge in [0.05, 0.1) is 0 Å². The van der Waals surface area contributed by atoms with Gasteiger partial charge in [0.15, 0.2) is 0 Å². The highest BCUT2D eigenvalue weighted by atomic mass is 15.4. The summed E-state index contributed by atoms with van der Waals surface area (Å²) in [6.45, 7) is 4.27. The van der Waals surface area contributed by atoms with Gasteiger partial charge in [-0.15, -0.1) is 0 Å². The molecule has 0 aliphatic heterocycles. The van der Waals surface area contributed by atoms with Gasteiger partial charge in [-0.05, 0) is 17.0 Å². The van der Waals surface area contributed by atoms with Crippen molar-refractivity contribution < 1.29 is 4.81 Å². The fourth-order valence-corrected chi connectivity index (χ4v) is 1.02. The summed E-state index contributed by atoms with van der Waals surface area (Å²) in [6.07, 6.45) is 0. The van der Waals surface area contributed by atoms with E-state index in [2.05, 4.69) is 13.8 Å². The van der Waals surface area contributed by atoms with E-state index in [1.54, 1.807) is 0 Å². The number of hydrogen-bond donors (Lipinski definition) is 2. The van der Waals surface area contributed by atoms with Crippen LogP contribution in [-0.4, -0.2) is 4.81 Å². The van der Waals surface area contributed by atoms with Crippen LogP contribution in [-0.2, 0) is 0 Å². The third-order valence-electron chi connectivity index (χ3n) is 1.84. The van der Waals surface area contributed by atoms with Crippen molar-refractivity contribution in [3.63, 3.8) is 0 Å². The van der Waals surface area contributed by atoms with Gasteiger partial charge in [0.1, 0.15) is 0 Å². The molecule has 0 radical (unpaired) electrons. The minimum absolute atomic E-state index is 0.524. The van der Waals surface area contributed by atoms with Crippen LogP contribution in [0.5, 0.6) is 0 Å². The standard InChI is InChI=1S/C9H14N3/c1-7(2)8-3-5-9(6-4-8)12(10)11/h3-7H,1-2H3,(H3,10,11)/q+1. The Morgan fingerprint density at radius 2 is 1.75 bits per heavy atom. The van der Waals surface area contributed by atoms with Crippen LogP contribution in [0.2, 0.25) is 0 Å². The highest BCUT2D eigenvalue weighted by Gasteiger charge is 2.04. The van der Waals surface area contributed by atoms with Crippen LogP contribution in [0.4, 0.5) is 5.69 Å². The molecule has 0 saturated heterocycles. The number of nitrogens with one attached hydrogen (secondary N) is 1. The molecule has 3 N–H and O–H groups in total. The third kappa shape index (κ3) is 1.81. The SMILES string of the molecule is CC(C)c1ccc([N+](=N)N)cc1. The van der Waals surface area contributed by atoms with Crippen molar-refractivity contribution in [2.45, 2.75) is 19.8 Å². The van der Waals surface area contributed by atoms with Crippen molar-refractivity contribution in [3.8, 4) is 0 Å². The number of nitrogens with two attached hydrogens (primary N) is 1. The van der Waals surface area contributed by atoms with E-state index < -0.39 is 0 Å². The molecule has 3 nitrogen and oxygen atoms in total. The van der Waals surface area contributed by atoms with E-state index in [1.165, 1.54) is 5.56 Å². The molecule has 3 heteroatoms. The molecule has 0 aliphatic carbocycles. The Hall–Kier alpha value is -1.38. The molecular weight excluding hydrogens is 150 g/mol. The minimum Gasteiger partial charge on any atom is -0.181 e. The maximum atomic E-state index is 7.11. The van der Waals surface area contributed by atoms with Gasteiger partial charge in [-0.25, -0.2) is 0 Å². The molecule has 0 spiro atoms. The normalized spacial score (nSPS) is 10.2. The number of hydrogen-bond acceptors (Lipinski definition) is 1. The zero-order valence-corrected chi connectivity index (χ0v) is 7.41. The van der Waals surface area contributed by atoms with Crippen molar-refractivity contribution in [2.75, 3.05) is 0 Å². The average molecular weight is 164 g/mol.